The van der Waals surface area contributed by atoms with E-state index in [0.717, 1.165) is 0 Å². The van der Waals surface area contributed by atoms with E-state index in [1.165, 1.54) is 22.3 Å². The molecule has 0 radical (unpaired) electrons. The Morgan fingerprint density at radius 1 is 0.857 bits per heavy atom. The van der Waals surface area contributed by atoms with E-state index in [0.29, 0.717) is 0 Å². The fourth-order valence-electron chi connectivity index (χ4n) is 4.66. The van der Waals surface area contributed by atoms with Gasteiger partial charge < -0.3 is 10.2 Å². The van der Waals surface area contributed by atoms with Crippen molar-refractivity contribution in [3.8, 4) is 0 Å². The minimum absolute atomic E-state index is 0.0561. The summed E-state index contributed by atoms with van der Waals surface area (Å²) < 4.78 is 0. The molecule has 0 unspecified atom stereocenters. The van der Waals surface area contributed by atoms with E-state index >= 15 is 0 Å². The highest BCUT2D eigenvalue weighted by Crippen LogP contribution is 2.55. The first-order valence-corrected chi connectivity index (χ1v) is 7.48. The van der Waals surface area contributed by atoms with Crippen molar-refractivity contribution < 1.29 is 4.79 Å². The molecule has 2 amide bonds. The van der Waals surface area contributed by atoms with Crippen molar-refractivity contribution in [1.29, 1.82) is 0 Å². The van der Waals surface area contributed by atoms with Gasteiger partial charge in [0, 0.05) is 18.9 Å². The van der Waals surface area contributed by atoms with E-state index in [9.17, 15) is 4.79 Å². The van der Waals surface area contributed by atoms with Crippen LogP contribution >= 0.6 is 0 Å². The molecule has 1 heterocycles. The first-order valence-electron chi connectivity index (χ1n) is 7.48. The predicted octanol–water partition coefficient (Wildman–Crippen LogP) is 2.67. The Kier molecular flexibility index (Phi) is 1.99. The summed E-state index contributed by atoms with van der Waals surface area (Å²) in [6, 6.07) is 17.8. The first-order chi connectivity index (χ1) is 10.3. The van der Waals surface area contributed by atoms with Gasteiger partial charge in [0.15, 0.2) is 0 Å². The lowest BCUT2D eigenvalue weighted by atomic mass is 9.59. The van der Waals surface area contributed by atoms with Gasteiger partial charge in [0.25, 0.3) is 0 Å². The lowest BCUT2D eigenvalue weighted by Gasteiger charge is -2.48. The van der Waals surface area contributed by atoms with Gasteiger partial charge in [0.05, 0.1) is 12.1 Å². The van der Waals surface area contributed by atoms with Crippen molar-refractivity contribution in [3.05, 3.63) is 70.8 Å². The van der Waals surface area contributed by atoms with Gasteiger partial charge in [-0.1, -0.05) is 48.5 Å². The summed E-state index contributed by atoms with van der Waals surface area (Å²) in [5.41, 5.74) is 5.56. The highest BCUT2D eigenvalue weighted by atomic mass is 16.2. The van der Waals surface area contributed by atoms with Crippen LogP contribution in [0.3, 0.4) is 0 Å². The zero-order chi connectivity index (χ0) is 14.1. The molecule has 1 fully saturated rings. The summed E-state index contributed by atoms with van der Waals surface area (Å²) in [4.78, 5) is 14.1. The van der Waals surface area contributed by atoms with Gasteiger partial charge in [-0.15, -0.1) is 0 Å². The van der Waals surface area contributed by atoms with Crippen molar-refractivity contribution in [3.63, 3.8) is 0 Å². The maximum atomic E-state index is 12.2. The van der Waals surface area contributed by atoms with Gasteiger partial charge in [0.2, 0.25) is 0 Å². The van der Waals surface area contributed by atoms with Crippen LogP contribution in [0.15, 0.2) is 48.5 Å². The number of amides is 2. The molecular formula is C18H16N2O. The minimum atomic E-state index is 0.0561. The molecule has 104 valence electrons. The number of carbonyl (C=O) groups is 1. The molecule has 4 aliphatic rings. The maximum absolute atomic E-state index is 12.2. The molecule has 3 nitrogen and oxygen atoms in total. The minimum Gasteiger partial charge on any atom is -0.332 e. The number of hydrogen-bond acceptors (Lipinski definition) is 1. The number of likely N-dealkylation sites (N-methyl/N-ethyl adjacent to an activating group) is 1. The second-order valence-electron chi connectivity index (χ2n) is 6.29. The summed E-state index contributed by atoms with van der Waals surface area (Å²) >= 11 is 0. The van der Waals surface area contributed by atoms with Crippen molar-refractivity contribution in [2.24, 2.45) is 0 Å². The summed E-state index contributed by atoms with van der Waals surface area (Å²) in [5, 5.41) is 3.21. The van der Waals surface area contributed by atoms with Crippen LogP contribution in [-0.4, -0.2) is 30.1 Å². The van der Waals surface area contributed by atoms with Crippen molar-refractivity contribution in [1.82, 2.24) is 10.2 Å². The van der Waals surface area contributed by atoms with E-state index in [1.54, 1.807) is 0 Å². The van der Waals surface area contributed by atoms with Crippen LogP contribution in [0.4, 0.5) is 4.79 Å². The Balaban J connectivity index is 1.83. The Morgan fingerprint density at radius 3 is 1.86 bits per heavy atom. The van der Waals surface area contributed by atoms with Gasteiger partial charge in [0.1, 0.15) is 0 Å². The average molecular weight is 276 g/mol. The summed E-state index contributed by atoms with van der Waals surface area (Å²) in [7, 11) is 1.92. The first kappa shape index (κ1) is 11.4. The number of carbonyl (C=O) groups excluding carboxylic acids is 1. The Hall–Kier alpha value is -2.29. The van der Waals surface area contributed by atoms with Crippen LogP contribution < -0.4 is 5.32 Å². The normalized spacial score (nSPS) is 31.5. The molecule has 1 aliphatic heterocycles. The van der Waals surface area contributed by atoms with E-state index in [1.807, 2.05) is 11.9 Å². The topological polar surface area (TPSA) is 32.3 Å². The summed E-state index contributed by atoms with van der Waals surface area (Å²) in [5.74, 6) is 0.567. The molecule has 6 rings (SSSR count). The molecule has 2 aromatic carbocycles. The van der Waals surface area contributed by atoms with Crippen LogP contribution in [-0.2, 0) is 0 Å². The fourth-order valence-corrected chi connectivity index (χ4v) is 4.66. The molecular weight excluding hydrogens is 260 g/mol. The van der Waals surface area contributed by atoms with E-state index in [4.69, 9.17) is 0 Å². The Labute approximate surface area is 123 Å². The second-order valence-corrected chi connectivity index (χ2v) is 6.29. The third kappa shape index (κ3) is 1.23. The third-order valence-electron chi connectivity index (χ3n) is 5.46. The van der Waals surface area contributed by atoms with Crippen molar-refractivity contribution >= 4 is 6.03 Å². The number of benzene rings is 2. The quantitative estimate of drug-likeness (QED) is 0.788. The number of nitrogens with one attached hydrogen (secondary N) is 1. The maximum Gasteiger partial charge on any atom is 0.317 e. The Morgan fingerprint density at radius 2 is 1.33 bits per heavy atom. The fraction of sp³-hybridized carbons (Fsp3) is 0.278. The molecule has 21 heavy (non-hydrogen) atoms. The smallest absolute Gasteiger partial charge is 0.317 e. The number of nitrogens with zero attached hydrogens (tertiary/aromatic N) is 1. The van der Waals surface area contributed by atoms with Gasteiger partial charge in [-0.05, 0) is 22.3 Å². The zero-order valence-corrected chi connectivity index (χ0v) is 11.8. The second kappa shape index (κ2) is 3.67. The predicted molar refractivity (Wildman–Crippen MR) is 80.4 cm³/mol. The molecule has 0 aromatic heterocycles. The van der Waals surface area contributed by atoms with E-state index in [2.05, 4.69) is 53.8 Å². The van der Waals surface area contributed by atoms with Crippen LogP contribution in [0.25, 0.3) is 0 Å². The zero-order valence-electron chi connectivity index (χ0n) is 11.8. The van der Waals surface area contributed by atoms with Gasteiger partial charge in [-0.25, -0.2) is 4.79 Å². The van der Waals surface area contributed by atoms with Crippen LogP contribution in [0.5, 0.6) is 0 Å². The third-order valence-corrected chi connectivity index (χ3v) is 5.46. The molecule has 2 aromatic rings. The average Bonchev–Trinajstić information content (AvgIpc) is 2.83. The van der Waals surface area contributed by atoms with Gasteiger partial charge >= 0.3 is 6.03 Å². The molecule has 3 aliphatic carbocycles. The lowest BCUT2D eigenvalue weighted by Crippen LogP contribution is -2.51. The molecule has 1 saturated heterocycles. The van der Waals surface area contributed by atoms with Crippen LogP contribution in [0.2, 0.25) is 0 Å². The molecule has 3 heteroatoms. The summed E-state index contributed by atoms with van der Waals surface area (Å²) in [6.45, 7) is 0. The number of urea groups is 1. The van der Waals surface area contributed by atoms with Gasteiger partial charge in [-0.3, -0.25) is 0 Å². The van der Waals surface area contributed by atoms with Crippen LogP contribution in [0, 0.1) is 0 Å². The molecule has 2 bridgehead atoms. The standard InChI is InChI=1S/C18H16N2O/c1-20-17-15-12-8-4-2-6-10(12)14(16(17)19-18(20)21)11-7-3-5-9-13(11)15/h2-9,14-17H,1H3,(H,19,21)/t14?,15?,16-,17+/m1/s1. The SMILES string of the molecule is CN1C(=O)N[C@@H]2C3c4ccccc4C(c4ccccc43)[C@@H]21. The largest absolute Gasteiger partial charge is 0.332 e. The molecule has 2 atom stereocenters. The lowest BCUT2D eigenvalue weighted by molar-refractivity contribution is 0.206. The van der Waals surface area contributed by atoms with Gasteiger partial charge in [-0.2, -0.15) is 0 Å². The molecule has 0 spiro atoms. The monoisotopic (exact) mass is 276 g/mol. The van der Waals surface area contributed by atoms with E-state index in [-0.39, 0.29) is 30.0 Å². The molecule has 0 saturated carbocycles. The van der Waals surface area contributed by atoms with Crippen molar-refractivity contribution in [2.45, 2.75) is 23.9 Å². The van der Waals surface area contributed by atoms with E-state index < -0.39 is 0 Å². The summed E-state index contributed by atoms with van der Waals surface area (Å²) in [6.07, 6.45) is 0. The number of hydrogen-bond donors (Lipinski definition) is 1. The van der Waals surface area contributed by atoms with Crippen molar-refractivity contribution in [2.75, 3.05) is 7.05 Å². The molecule has 1 N–H and O–H groups in total. The Bertz CT molecular complexity index is 722. The van der Waals surface area contributed by atoms with Crippen LogP contribution in [0.1, 0.15) is 34.1 Å². The number of rotatable bonds is 0. The highest BCUT2D eigenvalue weighted by Gasteiger charge is 2.55. The highest BCUT2D eigenvalue weighted by molar-refractivity contribution is 5.80.